The van der Waals surface area contributed by atoms with E-state index in [0.717, 1.165) is 11.3 Å². The summed E-state index contributed by atoms with van der Waals surface area (Å²) in [7, 11) is 0. The molecular weight excluding hydrogens is 290 g/mol. The normalized spacial score (nSPS) is 12.7. The maximum absolute atomic E-state index is 6.02. The molecule has 0 saturated carbocycles. The van der Waals surface area contributed by atoms with Crippen LogP contribution < -0.4 is 10.5 Å². The van der Waals surface area contributed by atoms with Crippen molar-refractivity contribution < 1.29 is 9.26 Å². The monoisotopic (exact) mass is 309 g/mol. The molecule has 0 aliphatic rings. The van der Waals surface area contributed by atoms with Crippen LogP contribution in [0.4, 0.5) is 0 Å². The summed E-state index contributed by atoms with van der Waals surface area (Å²) in [6, 6.07) is 5.53. The lowest BCUT2D eigenvalue weighted by Crippen LogP contribution is -2.18. The predicted molar refractivity (Wildman–Crippen MR) is 81.5 cm³/mol. The fourth-order valence-corrected chi connectivity index (χ4v) is 2.09. The lowest BCUT2D eigenvalue weighted by atomic mass is 10.1. The van der Waals surface area contributed by atoms with Crippen LogP contribution in [0.3, 0.4) is 0 Å². The van der Waals surface area contributed by atoms with Gasteiger partial charge in [-0.2, -0.15) is 4.98 Å². The van der Waals surface area contributed by atoms with E-state index in [-0.39, 0.29) is 18.6 Å². The molecule has 21 heavy (non-hydrogen) atoms. The second-order valence-corrected chi connectivity index (χ2v) is 5.86. The third-order valence-corrected chi connectivity index (χ3v) is 3.13. The molecule has 1 atom stereocenters. The zero-order chi connectivity index (χ0) is 15.4. The third-order valence-electron chi connectivity index (χ3n) is 2.90. The Hall–Kier alpha value is -1.59. The van der Waals surface area contributed by atoms with Gasteiger partial charge >= 0.3 is 0 Å². The minimum atomic E-state index is 0.0311. The van der Waals surface area contributed by atoms with Crippen molar-refractivity contribution in [3.8, 4) is 5.75 Å². The van der Waals surface area contributed by atoms with Gasteiger partial charge < -0.3 is 15.0 Å². The van der Waals surface area contributed by atoms with Crippen molar-refractivity contribution in [1.29, 1.82) is 0 Å². The lowest BCUT2D eigenvalue weighted by Gasteiger charge is -2.12. The Labute approximate surface area is 129 Å². The first-order chi connectivity index (χ1) is 9.95. The molecule has 1 aromatic carbocycles. The maximum atomic E-state index is 6.02. The fourth-order valence-electron chi connectivity index (χ4n) is 1.90. The van der Waals surface area contributed by atoms with Crippen molar-refractivity contribution in [1.82, 2.24) is 10.1 Å². The molecule has 1 aromatic heterocycles. The van der Waals surface area contributed by atoms with Gasteiger partial charge in [0.15, 0.2) is 6.61 Å². The average molecular weight is 310 g/mol. The molecule has 1 unspecified atom stereocenters. The van der Waals surface area contributed by atoms with E-state index in [1.165, 1.54) is 0 Å². The van der Waals surface area contributed by atoms with Gasteiger partial charge in [0.05, 0.1) is 0 Å². The highest BCUT2D eigenvalue weighted by Gasteiger charge is 2.12. The first-order valence-electron chi connectivity index (χ1n) is 6.95. The number of aromatic nitrogens is 2. The SMILES string of the molecule is CC(N)Cc1cc(Cl)ccc1OCc1noc(C(C)C)n1. The van der Waals surface area contributed by atoms with E-state index >= 15 is 0 Å². The Bertz CT molecular complexity index is 596. The van der Waals surface area contributed by atoms with Crippen LogP contribution in [0.15, 0.2) is 22.7 Å². The molecule has 5 nitrogen and oxygen atoms in total. The fraction of sp³-hybridized carbons (Fsp3) is 0.467. The van der Waals surface area contributed by atoms with Crippen LogP contribution in [0.5, 0.6) is 5.75 Å². The summed E-state index contributed by atoms with van der Waals surface area (Å²) >= 11 is 6.02. The number of hydrogen-bond donors (Lipinski definition) is 1. The molecule has 2 aromatic rings. The van der Waals surface area contributed by atoms with Crippen LogP contribution in [0.2, 0.25) is 5.02 Å². The molecule has 0 bridgehead atoms. The van der Waals surface area contributed by atoms with Gasteiger partial charge in [0.2, 0.25) is 11.7 Å². The highest BCUT2D eigenvalue weighted by atomic mass is 35.5. The summed E-state index contributed by atoms with van der Waals surface area (Å²) in [5.41, 5.74) is 6.83. The minimum absolute atomic E-state index is 0.0311. The van der Waals surface area contributed by atoms with Crippen molar-refractivity contribution in [2.24, 2.45) is 5.73 Å². The number of benzene rings is 1. The summed E-state index contributed by atoms with van der Waals surface area (Å²) in [6.07, 6.45) is 0.694. The minimum Gasteiger partial charge on any atom is -0.485 e. The van der Waals surface area contributed by atoms with Gasteiger partial charge in [-0.1, -0.05) is 30.6 Å². The molecule has 1 heterocycles. The highest BCUT2D eigenvalue weighted by molar-refractivity contribution is 6.30. The topological polar surface area (TPSA) is 74.2 Å². The van der Waals surface area contributed by atoms with Gasteiger partial charge in [0.1, 0.15) is 5.75 Å². The molecule has 0 saturated heterocycles. The van der Waals surface area contributed by atoms with Crippen molar-refractivity contribution in [2.75, 3.05) is 0 Å². The summed E-state index contributed by atoms with van der Waals surface area (Å²) < 4.78 is 10.9. The van der Waals surface area contributed by atoms with Crippen LogP contribution >= 0.6 is 11.6 Å². The summed E-state index contributed by atoms with van der Waals surface area (Å²) in [5, 5.41) is 4.57. The smallest absolute Gasteiger partial charge is 0.229 e. The Kier molecular flexibility index (Phi) is 5.20. The second-order valence-electron chi connectivity index (χ2n) is 5.43. The molecular formula is C15H20ClN3O2. The van der Waals surface area contributed by atoms with Crippen LogP contribution in [-0.2, 0) is 13.0 Å². The number of hydrogen-bond acceptors (Lipinski definition) is 5. The number of nitrogens with two attached hydrogens (primary N) is 1. The first kappa shape index (κ1) is 15.8. The number of rotatable bonds is 6. The molecule has 0 radical (unpaired) electrons. The molecule has 0 aliphatic heterocycles. The van der Waals surface area contributed by atoms with Gasteiger partial charge in [-0.15, -0.1) is 0 Å². The van der Waals surface area contributed by atoms with Crippen molar-refractivity contribution >= 4 is 11.6 Å². The van der Waals surface area contributed by atoms with Crippen LogP contribution in [0.1, 0.15) is 44.0 Å². The maximum Gasteiger partial charge on any atom is 0.229 e. The van der Waals surface area contributed by atoms with Gasteiger partial charge in [-0.25, -0.2) is 0 Å². The van der Waals surface area contributed by atoms with Crippen molar-refractivity contribution in [2.45, 2.75) is 45.8 Å². The third kappa shape index (κ3) is 4.44. The van der Waals surface area contributed by atoms with Crippen LogP contribution in [-0.4, -0.2) is 16.2 Å². The molecule has 0 spiro atoms. The molecule has 0 fully saturated rings. The average Bonchev–Trinajstić information content (AvgIpc) is 2.86. The van der Waals surface area contributed by atoms with E-state index < -0.39 is 0 Å². The molecule has 0 aliphatic carbocycles. The molecule has 114 valence electrons. The largest absolute Gasteiger partial charge is 0.485 e. The Morgan fingerprint density at radius 2 is 2.10 bits per heavy atom. The van der Waals surface area contributed by atoms with Crippen molar-refractivity contribution in [3.05, 3.63) is 40.5 Å². The van der Waals surface area contributed by atoms with E-state index in [1.807, 2.05) is 32.9 Å². The molecule has 6 heteroatoms. The quantitative estimate of drug-likeness (QED) is 0.886. The predicted octanol–water partition coefficient (Wildman–Crippen LogP) is 3.32. The Balaban J connectivity index is 2.08. The van der Waals surface area contributed by atoms with E-state index in [0.29, 0.717) is 23.2 Å². The summed E-state index contributed by atoms with van der Waals surface area (Å²) in [6.45, 7) is 6.19. The summed E-state index contributed by atoms with van der Waals surface area (Å²) in [5.74, 6) is 2.09. The van der Waals surface area contributed by atoms with Gasteiger partial charge in [-0.3, -0.25) is 0 Å². The van der Waals surface area contributed by atoms with Gasteiger partial charge in [0, 0.05) is 17.0 Å². The van der Waals surface area contributed by atoms with E-state index in [9.17, 15) is 0 Å². The van der Waals surface area contributed by atoms with E-state index in [4.69, 9.17) is 26.6 Å². The number of halogens is 1. The zero-order valence-corrected chi connectivity index (χ0v) is 13.2. The Morgan fingerprint density at radius 1 is 1.33 bits per heavy atom. The Morgan fingerprint density at radius 3 is 2.71 bits per heavy atom. The van der Waals surface area contributed by atoms with E-state index in [2.05, 4.69) is 10.1 Å². The zero-order valence-electron chi connectivity index (χ0n) is 12.5. The molecule has 2 N–H and O–H groups in total. The van der Waals surface area contributed by atoms with Crippen molar-refractivity contribution in [3.63, 3.8) is 0 Å². The molecule has 2 rings (SSSR count). The van der Waals surface area contributed by atoms with E-state index in [1.54, 1.807) is 6.07 Å². The molecule has 0 amide bonds. The van der Waals surface area contributed by atoms with Gasteiger partial charge in [0.25, 0.3) is 0 Å². The first-order valence-corrected chi connectivity index (χ1v) is 7.32. The second kappa shape index (κ2) is 6.91. The standard InChI is InChI=1S/C15H20ClN3O2/c1-9(2)15-18-14(19-21-15)8-20-13-5-4-12(16)7-11(13)6-10(3)17/h4-5,7,9-10H,6,8,17H2,1-3H3. The van der Waals surface area contributed by atoms with Crippen LogP contribution in [0.25, 0.3) is 0 Å². The lowest BCUT2D eigenvalue weighted by molar-refractivity contribution is 0.281. The highest BCUT2D eigenvalue weighted by Crippen LogP contribution is 2.25. The summed E-state index contributed by atoms with van der Waals surface area (Å²) in [4.78, 5) is 4.28. The van der Waals surface area contributed by atoms with Gasteiger partial charge in [-0.05, 0) is 37.1 Å². The number of nitrogens with zero attached hydrogens (tertiary/aromatic N) is 2. The van der Waals surface area contributed by atoms with Crippen LogP contribution in [0, 0.1) is 0 Å². The number of ether oxygens (including phenoxy) is 1.